The van der Waals surface area contributed by atoms with Gasteiger partial charge in [0.2, 0.25) is 0 Å². The van der Waals surface area contributed by atoms with Crippen LogP contribution in [0.15, 0.2) is 48.5 Å². The van der Waals surface area contributed by atoms with Gasteiger partial charge in [0.1, 0.15) is 0 Å². The zero-order valence-corrected chi connectivity index (χ0v) is 26.0. The molecule has 0 aromatic heterocycles. The highest BCUT2D eigenvalue weighted by Gasteiger charge is 2.50. The smallest absolute Gasteiger partial charge is 0.0932 e. The van der Waals surface area contributed by atoms with Crippen molar-refractivity contribution in [3.8, 4) is 0 Å². The summed E-state index contributed by atoms with van der Waals surface area (Å²) in [6.45, 7) is 21.6. The first-order valence-corrected chi connectivity index (χ1v) is 15.6. The van der Waals surface area contributed by atoms with Gasteiger partial charge in [-0.15, -0.1) is 0 Å². The zero-order chi connectivity index (χ0) is 27.9. The molecule has 0 bridgehead atoms. The van der Waals surface area contributed by atoms with Crippen molar-refractivity contribution in [2.45, 2.75) is 137 Å². The average molecular weight is 517 g/mol. The maximum Gasteiger partial charge on any atom is 0.0932 e. The van der Waals surface area contributed by atoms with E-state index in [-0.39, 0.29) is 16.7 Å². The standard InChI is InChI=1S/C37H56O/c1-26(2)27-16-10-13-20-32(27)37(38)23-15-22-33(37)36(8,9)25-24-35(6,7)31-19-12-11-17-29(31)28-18-14-21-30(28)34(3,4)5/h10-13,16-17,19-20,26,28,30,33,38H,14-15,18,21-25H2,1-9H3. The second kappa shape index (κ2) is 10.8. The van der Waals surface area contributed by atoms with Gasteiger partial charge in [-0.2, -0.15) is 0 Å². The minimum Gasteiger partial charge on any atom is -0.385 e. The highest BCUT2D eigenvalue weighted by Crippen LogP contribution is 2.56. The van der Waals surface area contributed by atoms with E-state index in [1.807, 2.05) is 0 Å². The molecule has 0 spiro atoms. The van der Waals surface area contributed by atoms with E-state index in [4.69, 9.17) is 0 Å². The summed E-state index contributed by atoms with van der Waals surface area (Å²) in [6, 6.07) is 18.1. The Bertz CT molecular complexity index is 1080. The maximum absolute atomic E-state index is 12.3. The van der Waals surface area contributed by atoms with Crippen LogP contribution < -0.4 is 0 Å². The van der Waals surface area contributed by atoms with Crippen LogP contribution >= 0.6 is 0 Å². The molecule has 0 saturated heterocycles. The van der Waals surface area contributed by atoms with Crippen LogP contribution in [0, 0.1) is 22.7 Å². The van der Waals surface area contributed by atoms with Crippen LogP contribution in [0.3, 0.4) is 0 Å². The summed E-state index contributed by atoms with van der Waals surface area (Å²) in [7, 11) is 0. The third-order valence-electron chi connectivity index (χ3n) is 10.7. The monoisotopic (exact) mass is 516 g/mol. The van der Waals surface area contributed by atoms with Crippen LogP contribution in [-0.4, -0.2) is 5.11 Å². The highest BCUT2D eigenvalue weighted by molar-refractivity contribution is 5.38. The quantitative estimate of drug-likeness (QED) is 0.370. The van der Waals surface area contributed by atoms with Crippen molar-refractivity contribution in [1.29, 1.82) is 0 Å². The fourth-order valence-electron chi connectivity index (χ4n) is 8.49. The first-order chi connectivity index (χ1) is 17.7. The van der Waals surface area contributed by atoms with Crippen molar-refractivity contribution in [2.24, 2.45) is 22.7 Å². The molecule has 1 N–H and O–H groups in total. The molecule has 210 valence electrons. The van der Waals surface area contributed by atoms with Gasteiger partial charge in [0.15, 0.2) is 0 Å². The Balaban J connectivity index is 1.58. The highest BCUT2D eigenvalue weighted by atomic mass is 16.3. The van der Waals surface area contributed by atoms with E-state index in [9.17, 15) is 5.11 Å². The van der Waals surface area contributed by atoms with Gasteiger partial charge < -0.3 is 5.11 Å². The van der Waals surface area contributed by atoms with Crippen LogP contribution in [0.5, 0.6) is 0 Å². The number of rotatable bonds is 8. The molecule has 2 saturated carbocycles. The van der Waals surface area contributed by atoms with Crippen molar-refractivity contribution in [3.63, 3.8) is 0 Å². The predicted molar refractivity (Wildman–Crippen MR) is 164 cm³/mol. The van der Waals surface area contributed by atoms with Gasteiger partial charge in [-0.05, 0) is 107 Å². The Morgan fingerprint density at radius 2 is 1.47 bits per heavy atom. The second-order valence-electron chi connectivity index (χ2n) is 15.6. The van der Waals surface area contributed by atoms with Crippen molar-refractivity contribution in [3.05, 3.63) is 70.8 Å². The third-order valence-corrected chi connectivity index (χ3v) is 10.7. The molecule has 2 aliphatic rings. The molecule has 4 atom stereocenters. The van der Waals surface area contributed by atoms with Crippen LogP contribution in [0.25, 0.3) is 0 Å². The van der Waals surface area contributed by atoms with E-state index in [0.717, 1.165) is 38.0 Å². The molecular weight excluding hydrogens is 460 g/mol. The average Bonchev–Trinajstić information content (AvgIpc) is 3.51. The van der Waals surface area contributed by atoms with Crippen LogP contribution in [0.4, 0.5) is 0 Å². The summed E-state index contributed by atoms with van der Waals surface area (Å²) in [5.41, 5.74) is 5.45. The zero-order valence-electron chi connectivity index (χ0n) is 26.0. The molecule has 0 heterocycles. The van der Waals surface area contributed by atoms with E-state index >= 15 is 0 Å². The third kappa shape index (κ3) is 5.65. The summed E-state index contributed by atoms with van der Waals surface area (Å²) in [5, 5.41) is 12.3. The molecule has 4 rings (SSSR count). The Hall–Kier alpha value is -1.60. The van der Waals surface area contributed by atoms with Gasteiger partial charge in [-0.3, -0.25) is 0 Å². The summed E-state index contributed by atoms with van der Waals surface area (Å²) in [6.07, 6.45) is 9.40. The Labute approximate surface area is 234 Å². The normalized spacial score (nSPS) is 26.9. The lowest BCUT2D eigenvalue weighted by atomic mass is 9.63. The molecule has 2 aliphatic carbocycles. The Kier molecular flexibility index (Phi) is 8.32. The molecule has 0 aliphatic heterocycles. The van der Waals surface area contributed by atoms with Gasteiger partial charge in [-0.1, -0.05) is 117 Å². The van der Waals surface area contributed by atoms with Crippen molar-refractivity contribution < 1.29 is 5.11 Å². The van der Waals surface area contributed by atoms with E-state index < -0.39 is 5.60 Å². The lowest BCUT2D eigenvalue weighted by Gasteiger charge is -2.44. The van der Waals surface area contributed by atoms with Gasteiger partial charge in [0.05, 0.1) is 5.60 Å². The second-order valence-corrected chi connectivity index (χ2v) is 15.6. The largest absolute Gasteiger partial charge is 0.385 e. The number of aliphatic hydroxyl groups is 1. The fourth-order valence-corrected chi connectivity index (χ4v) is 8.49. The lowest BCUT2D eigenvalue weighted by molar-refractivity contribution is -0.0557. The fraction of sp³-hybridized carbons (Fsp3) is 0.676. The van der Waals surface area contributed by atoms with Gasteiger partial charge in [0.25, 0.3) is 0 Å². The van der Waals surface area contributed by atoms with Crippen molar-refractivity contribution >= 4 is 0 Å². The van der Waals surface area contributed by atoms with Crippen molar-refractivity contribution in [2.75, 3.05) is 0 Å². The van der Waals surface area contributed by atoms with E-state index in [1.165, 1.54) is 30.4 Å². The van der Waals surface area contributed by atoms with Crippen LogP contribution in [0.1, 0.15) is 148 Å². The summed E-state index contributed by atoms with van der Waals surface area (Å²) in [5.74, 6) is 2.12. The Morgan fingerprint density at radius 3 is 2.16 bits per heavy atom. The maximum atomic E-state index is 12.3. The molecule has 4 unspecified atom stereocenters. The van der Waals surface area contributed by atoms with Gasteiger partial charge in [-0.25, -0.2) is 0 Å². The summed E-state index contributed by atoms with van der Waals surface area (Å²) < 4.78 is 0. The first kappa shape index (κ1) is 29.4. The summed E-state index contributed by atoms with van der Waals surface area (Å²) in [4.78, 5) is 0. The van der Waals surface area contributed by atoms with Gasteiger partial charge in [0, 0.05) is 0 Å². The van der Waals surface area contributed by atoms with Crippen LogP contribution in [0.2, 0.25) is 0 Å². The molecule has 2 aromatic rings. The molecule has 1 heteroatoms. The molecule has 0 amide bonds. The molecule has 2 aromatic carbocycles. The van der Waals surface area contributed by atoms with E-state index in [0.29, 0.717) is 17.3 Å². The minimum atomic E-state index is -0.726. The number of hydrogen-bond acceptors (Lipinski definition) is 1. The van der Waals surface area contributed by atoms with E-state index in [1.54, 1.807) is 11.1 Å². The van der Waals surface area contributed by atoms with Crippen molar-refractivity contribution in [1.82, 2.24) is 0 Å². The minimum absolute atomic E-state index is 0.0584. The molecular formula is C37H56O. The van der Waals surface area contributed by atoms with Crippen LogP contribution in [-0.2, 0) is 11.0 Å². The number of hydrogen-bond donors (Lipinski definition) is 1. The molecule has 2 fully saturated rings. The number of benzene rings is 2. The topological polar surface area (TPSA) is 20.2 Å². The summed E-state index contributed by atoms with van der Waals surface area (Å²) >= 11 is 0. The van der Waals surface area contributed by atoms with E-state index in [2.05, 4.69) is 111 Å². The molecule has 1 nitrogen and oxygen atoms in total. The molecule has 0 radical (unpaired) electrons. The SMILES string of the molecule is CC(C)c1ccccc1C1(O)CCCC1C(C)(C)CCC(C)(C)c1ccccc1C1CCCC1C(C)(C)C. The molecule has 38 heavy (non-hydrogen) atoms. The lowest BCUT2D eigenvalue weighted by Crippen LogP contribution is -2.41. The Morgan fingerprint density at radius 1 is 0.816 bits per heavy atom. The van der Waals surface area contributed by atoms with Gasteiger partial charge >= 0.3 is 0 Å². The first-order valence-electron chi connectivity index (χ1n) is 15.6. The predicted octanol–water partition coefficient (Wildman–Crippen LogP) is 10.5.